The second kappa shape index (κ2) is 8.53. The van der Waals surface area contributed by atoms with Gasteiger partial charge < -0.3 is 15.5 Å². The van der Waals surface area contributed by atoms with E-state index in [1.165, 1.54) is 11.1 Å². The van der Waals surface area contributed by atoms with E-state index in [-0.39, 0.29) is 0 Å². The van der Waals surface area contributed by atoms with Crippen LogP contribution in [0, 0.1) is 0 Å². The van der Waals surface area contributed by atoms with E-state index in [2.05, 4.69) is 65.8 Å². The molecule has 19 heavy (non-hydrogen) atoms. The summed E-state index contributed by atoms with van der Waals surface area (Å²) in [5.74, 6) is 0.861. The fourth-order valence-electron chi connectivity index (χ4n) is 1.85. The monoisotopic (exact) mass is 262 g/mol. The highest BCUT2D eigenvalue weighted by Crippen LogP contribution is 2.06. The van der Waals surface area contributed by atoms with Crippen LogP contribution in [-0.2, 0) is 13.1 Å². The molecule has 106 valence electrons. The molecular weight excluding hydrogens is 236 g/mol. The first-order valence-corrected chi connectivity index (χ1v) is 6.82. The lowest BCUT2D eigenvalue weighted by Gasteiger charge is -2.13. The van der Waals surface area contributed by atoms with E-state index in [0.29, 0.717) is 0 Å². The number of rotatable bonds is 6. The maximum absolute atomic E-state index is 4.20. The standard InChI is InChI=1S/C15H26N4/c1-5-9-17-15(16-2)18-11-13-7-6-8-14(10-13)12-19(3)4/h6-8,10H,5,9,11-12H2,1-4H3,(H2,16,17,18). The summed E-state index contributed by atoms with van der Waals surface area (Å²) in [7, 11) is 5.97. The van der Waals surface area contributed by atoms with E-state index in [9.17, 15) is 0 Å². The lowest BCUT2D eigenvalue weighted by Crippen LogP contribution is -2.37. The molecule has 0 amide bonds. The Morgan fingerprint density at radius 1 is 1.21 bits per heavy atom. The van der Waals surface area contributed by atoms with Gasteiger partial charge in [0, 0.05) is 26.7 Å². The van der Waals surface area contributed by atoms with Crippen LogP contribution in [0.25, 0.3) is 0 Å². The molecule has 0 bridgehead atoms. The fourth-order valence-corrected chi connectivity index (χ4v) is 1.85. The van der Waals surface area contributed by atoms with Gasteiger partial charge in [0.05, 0.1) is 0 Å². The van der Waals surface area contributed by atoms with Gasteiger partial charge in [-0.15, -0.1) is 0 Å². The first-order valence-electron chi connectivity index (χ1n) is 6.82. The highest BCUT2D eigenvalue weighted by Gasteiger charge is 2.00. The second-order valence-electron chi connectivity index (χ2n) is 4.91. The molecule has 1 aromatic carbocycles. The van der Waals surface area contributed by atoms with Crippen LogP contribution in [0.2, 0.25) is 0 Å². The Hall–Kier alpha value is -1.55. The average Bonchev–Trinajstić information content (AvgIpc) is 2.38. The largest absolute Gasteiger partial charge is 0.356 e. The van der Waals surface area contributed by atoms with Gasteiger partial charge in [-0.1, -0.05) is 31.2 Å². The topological polar surface area (TPSA) is 39.7 Å². The molecule has 0 spiro atoms. The van der Waals surface area contributed by atoms with Crippen molar-refractivity contribution in [2.75, 3.05) is 27.7 Å². The predicted molar refractivity (Wildman–Crippen MR) is 82.3 cm³/mol. The van der Waals surface area contributed by atoms with E-state index in [1.54, 1.807) is 7.05 Å². The van der Waals surface area contributed by atoms with Gasteiger partial charge in [-0.05, 0) is 31.6 Å². The molecule has 0 aliphatic carbocycles. The van der Waals surface area contributed by atoms with Gasteiger partial charge in [0.15, 0.2) is 5.96 Å². The van der Waals surface area contributed by atoms with Crippen LogP contribution in [0.5, 0.6) is 0 Å². The van der Waals surface area contributed by atoms with Crippen LogP contribution in [-0.4, -0.2) is 38.5 Å². The lowest BCUT2D eigenvalue weighted by atomic mass is 10.1. The number of nitrogens with one attached hydrogen (secondary N) is 2. The van der Waals surface area contributed by atoms with Crippen LogP contribution in [0.4, 0.5) is 0 Å². The first-order chi connectivity index (χ1) is 9.15. The van der Waals surface area contributed by atoms with Crippen molar-refractivity contribution >= 4 is 5.96 Å². The predicted octanol–water partition coefficient (Wildman–Crippen LogP) is 1.82. The van der Waals surface area contributed by atoms with Crippen LogP contribution in [0.3, 0.4) is 0 Å². The van der Waals surface area contributed by atoms with Crippen molar-refractivity contribution in [3.05, 3.63) is 35.4 Å². The molecular formula is C15H26N4. The number of guanidine groups is 1. The molecule has 1 aromatic rings. The molecule has 4 heteroatoms. The molecule has 2 N–H and O–H groups in total. The molecule has 0 saturated heterocycles. The highest BCUT2D eigenvalue weighted by molar-refractivity contribution is 5.79. The molecule has 0 fully saturated rings. The zero-order valence-corrected chi connectivity index (χ0v) is 12.5. The molecule has 0 aromatic heterocycles. The van der Waals surface area contributed by atoms with Crippen molar-refractivity contribution in [2.24, 2.45) is 4.99 Å². The summed E-state index contributed by atoms with van der Waals surface area (Å²) in [4.78, 5) is 6.37. The maximum atomic E-state index is 4.20. The Kier molecular flexibility index (Phi) is 6.97. The number of aliphatic imine (C=N–C) groups is 1. The third kappa shape index (κ3) is 6.25. The van der Waals surface area contributed by atoms with E-state index >= 15 is 0 Å². The molecule has 0 aliphatic rings. The lowest BCUT2D eigenvalue weighted by molar-refractivity contribution is 0.402. The minimum Gasteiger partial charge on any atom is -0.356 e. The molecule has 0 saturated carbocycles. The van der Waals surface area contributed by atoms with Crippen molar-refractivity contribution in [2.45, 2.75) is 26.4 Å². The van der Waals surface area contributed by atoms with Crippen molar-refractivity contribution < 1.29 is 0 Å². The zero-order valence-electron chi connectivity index (χ0n) is 12.5. The Morgan fingerprint density at radius 2 is 1.95 bits per heavy atom. The molecule has 0 atom stereocenters. The van der Waals surface area contributed by atoms with Crippen LogP contribution >= 0.6 is 0 Å². The number of hydrogen-bond donors (Lipinski definition) is 2. The molecule has 0 aliphatic heterocycles. The number of benzene rings is 1. The van der Waals surface area contributed by atoms with Gasteiger partial charge in [-0.2, -0.15) is 0 Å². The Morgan fingerprint density at radius 3 is 2.58 bits per heavy atom. The normalized spacial score (nSPS) is 11.7. The van der Waals surface area contributed by atoms with E-state index in [1.807, 2.05) is 0 Å². The summed E-state index contributed by atoms with van der Waals surface area (Å²) < 4.78 is 0. The fraction of sp³-hybridized carbons (Fsp3) is 0.533. The maximum Gasteiger partial charge on any atom is 0.191 e. The second-order valence-corrected chi connectivity index (χ2v) is 4.91. The van der Waals surface area contributed by atoms with Crippen molar-refractivity contribution in [3.8, 4) is 0 Å². The molecule has 4 nitrogen and oxygen atoms in total. The summed E-state index contributed by atoms with van der Waals surface area (Å²) in [6.45, 7) is 4.85. The third-order valence-electron chi connectivity index (χ3n) is 2.72. The highest BCUT2D eigenvalue weighted by atomic mass is 15.2. The third-order valence-corrected chi connectivity index (χ3v) is 2.72. The van der Waals surface area contributed by atoms with E-state index < -0.39 is 0 Å². The van der Waals surface area contributed by atoms with Gasteiger partial charge in [-0.3, -0.25) is 4.99 Å². The van der Waals surface area contributed by atoms with Crippen molar-refractivity contribution in [3.63, 3.8) is 0 Å². The first kappa shape index (κ1) is 15.5. The molecule has 0 radical (unpaired) electrons. The number of nitrogens with zero attached hydrogens (tertiary/aromatic N) is 2. The summed E-state index contributed by atoms with van der Waals surface area (Å²) in [5, 5.41) is 6.59. The van der Waals surface area contributed by atoms with Crippen molar-refractivity contribution in [1.29, 1.82) is 0 Å². The summed E-state index contributed by atoms with van der Waals surface area (Å²) in [6.07, 6.45) is 1.10. The van der Waals surface area contributed by atoms with Gasteiger partial charge in [-0.25, -0.2) is 0 Å². The van der Waals surface area contributed by atoms with Gasteiger partial charge in [0.2, 0.25) is 0 Å². The summed E-state index contributed by atoms with van der Waals surface area (Å²) in [5.41, 5.74) is 2.61. The number of hydrogen-bond acceptors (Lipinski definition) is 2. The van der Waals surface area contributed by atoms with Crippen LogP contribution in [0.15, 0.2) is 29.3 Å². The quantitative estimate of drug-likeness (QED) is 0.607. The summed E-state index contributed by atoms with van der Waals surface area (Å²) >= 11 is 0. The Bertz CT molecular complexity index is 399. The Labute approximate surface area is 116 Å². The minimum atomic E-state index is 0.796. The Balaban J connectivity index is 2.52. The van der Waals surface area contributed by atoms with Crippen LogP contribution < -0.4 is 10.6 Å². The average molecular weight is 262 g/mol. The molecule has 0 heterocycles. The SMILES string of the molecule is CCCNC(=NC)NCc1cccc(CN(C)C)c1. The van der Waals surface area contributed by atoms with Crippen LogP contribution in [0.1, 0.15) is 24.5 Å². The smallest absolute Gasteiger partial charge is 0.191 e. The summed E-state index contributed by atoms with van der Waals surface area (Å²) in [6, 6.07) is 8.64. The van der Waals surface area contributed by atoms with E-state index in [4.69, 9.17) is 0 Å². The van der Waals surface area contributed by atoms with Gasteiger partial charge in [0.25, 0.3) is 0 Å². The molecule has 0 unspecified atom stereocenters. The van der Waals surface area contributed by atoms with Gasteiger partial charge >= 0.3 is 0 Å². The van der Waals surface area contributed by atoms with E-state index in [0.717, 1.165) is 32.0 Å². The van der Waals surface area contributed by atoms with Crippen molar-refractivity contribution in [1.82, 2.24) is 15.5 Å². The van der Waals surface area contributed by atoms with Gasteiger partial charge in [0.1, 0.15) is 0 Å². The molecule has 1 rings (SSSR count). The minimum absolute atomic E-state index is 0.796. The zero-order chi connectivity index (χ0) is 14.1.